The molecule has 0 unspecified atom stereocenters. The van der Waals surface area contributed by atoms with Gasteiger partial charge in [-0.2, -0.15) is 0 Å². The molecule has 0 bridgehead atoms. The highest BCUT2D eigenvalue weighted by molar-refractivity contribution is 7.90. The van der Waals surface area contributed by atoms with Crippen molar-refractivity contribution in [2.24, 2.45) is 4.99 Å². The second-order valence-corrected chi connectivity index (χ2v) is 8.82. The van der Waals surface area contributed by atoms with Crippen LogP contribution in [0, 0.1) is 0 Å². The maximum absolute atomic E-state index is 11.1. The summed E-state index contributed by atoms with van der Waals surface area (Å²) in [5.41, 5.74) is 1.39. The lowest BCUT2D eigenvalue weighted by Crippen LogP contribution is -2.41. The summed E-state index contributed by atoms with van der Waals surface area (Å²) in [7, 11) is -1.19. The van der Waals surface area contributed by atoms with E-state index in [1.807, 2.05) is 18.2 Å². The lowest BCUT2D eigenvalue weighted by Gasteiger charge is -2.19. The Labute approximate surface area is 143 Å². The van der Waals surface area contributed by atoms with E-state index in [1.54, 1.807) is 7.05 Å². The van der Waals surface area contributed by atoms with Crippen molar-refractivity contribution in [3.05, 3.63) is 34.9 Å². The minimum absolute atomic E-state index is 0.134. The van der Waals surface area contributed by atoms with Crippen LogP contribution in [0.15, 0.2) is 29.3 Å². The number of rotatable bonds is 7. The van der Waals surface area contributed by atoms with Crippen molar-refractivity contribution < 1.29 is 8.42 Å². The van der Waals surface area contributed by atoms with Gasteiger partial charge in [0.05, 0.1) is 5.75 Å². The minimum Gasteiger partial charge on any atom is -0.356 e. The predicted molar refractivity (Wildman–Crippen MR) is 96.1 cm³/mol. The summed E-state index contributed by atoms with van der Waals surface area (Å²) in [4.78, 5) is 4.18. The summed E-state index contributed by atoms with van der Waals surface area (Å²) in [5, 5.41) is 7.25. The molecule has 128 valence electrons. The summed E-state index contributed by atoms with van der Waals surface area (Å²) >= 11 is 6.08. The maximum atomic E-state index is 11.1. The van der Waals surface area contributed by atoms with Gasteiger partial charge in [0.15, 0.2) is 5.96 Å². The first-order chi connectivity index (χ1) is 10.8. The number of halogens is 1. The Hall–Kier alpha value is -1.27. The van der Waals surface area contributed by atoms with Gasteiger partial charge in [-0.1, -0.05) is 23.7 Å². The highest BCUT2D eigenvalue weighted by Gasteiger charge is 2.44. The zero-order valence-electron chi connectivity index (χ0n) is 13.6. The molecule has 2 rings (SSSR count). The van der Waals surface area contributed by atoms with Crippen LogP contribution in [-0.4, -0.2) is 46.5 Å². The third-order valence-electron chi connectivity index (χ3n) is 4.09. The number of sulfone groups is 1. The van der Waals surface area contributed by atoms with Crippen LogP contribution in [0.5, 0.6) is 0 Å². The summed E-state index contributed by atoms with van der Waals surface area (Å²) in [6.45, 7) is 1.37. The molecule has 1 fully saturated rings. The zero-order valence-corrected chi connectivity index (χ0v) is 15.2. The Morgan fingerprint density at radius 1 is 1.35 bits per heavy atom. The van der Waals surface area contributed by atoms with E-state index in [-0.39, 0.29) is 11.2 Å². The summed E-state index contributed by atoms with van der Waals surface area (Å²) in [5.74, 6) is 0.885. The molecule has 0 atom stereocenters. The van der Waals surface area contributed by atoms with Crippen molar-refractivity contribution in [3.8, 4) is 0 Å². The Morgan fingerprint density at radius 2 is 2.09 bits per heavy atom. The lowest BCUT2D eigenvalue weighted by atomic mass is 9.96. The van der Waals surface area contributed by atoms with Crippen molar-refractivity contribution in [2.45, 2.75) is 24.7 Å². The fourth-order valence-corrected chi connectivity index (χ4v) is 3.41. The summed E-state index contributed by atoms with van der Waals surface area (Å²) < 4.78 is 22.2. The Bertz CT molecular complexity index is 670. The molecule has 0 amide bonds. The minimum atomic E-state index is -2.91. The van der Waals surface area contributed by atoms with Crippen LogP contribution in [0.4, 0.5) is 0 Å². The molecule has 1 aromatic carbocycles. The standard InChI is InChI=1S/C16H24ClN3O2S/c1-18-15(19-9-4-10-23(2,21)22)20-12-16(7-8-16)13-5-3-6-14(17)11-13/h3,5-6,11H,4,7-10,12H2,1-2H3,(H2,18,19,20). The molecular weight excluding hydrogens is 334 g/mol. The summed E-state index contributed by atoms with van der Waals surface area (Å²) in [6, 6.07) is 8.01. The monoisotopic (exact) mass is 357 g/mol. The van der Waals surface area contributed by atoms with Gasteiger partial charge in [0.1, 0.15) is 9.84 Å². The second-order valence-electron chi connectivity index (χ2n) is 6.13. The van der Waals surface area contributed by atoms with E-state index >= 15 is 0 Å². The number of benzene rings is 1. The van der Waals surface area contributed by atoms with E-state index < -0.39 is 9.84 Å². The largest absolute Gasteiger partial charge is 0.356 e. The highest BCUT2D eigenvalue weighted by atomic mass is 35.5. The third-order valence-corrected chi connectivity index (χ3v) is 5.36. The van der Waals surface area contributed by atoms with Crippen molar-refractivity contribution in [3.63, 3.8) is 0 Å². The van der Waals surface area contributed by atoms with E-state index in [0.717, 1.165) is 24.4 Å². The van der Waals surface area contributed by atoms with Crippen molar-refractivity contribution in [1.82, 2.24) is 10.6 Å². The maximum Gasteiger partial charge on any atom is 0.191 e. The molecule has 1 aliphatic carbocycles. The molecule has 5 nitrogen and oxygen atoms in total. The predicted octanol–water partition coefficient (Wildman–Crippen LogP) is 1.97. The number of hydrogen-bond donors (Lipinski definition) is 2. The van der Waals surface area contributed by atoms with E-state index in [1.165, 1.54) is 11.8 Å². The smallest absolute Gasteiger partial charge is 0.191 e. The number of nitrogens with one attached hydrogen (secondary N) is 2. The quantitative estimate of drug-likeness (QED) is 0.444. The van der Waals surface area contributed by atoms with Gasteiger partial charge in [0.2, 0.25) is 0 Å². The van der Waals surface area contributed by atoms with Crippen molar-refractivity contribution in [2.75, 3.05) is 32.1 Å². The van der Waals surface area contributed by atoms with Crippen LogP contribution in [-0.2, 0) is 15.3 Å². The fourth-order valence-electron chi connectivity index (χ4n) is 2.55. The molecule has 1 aromatic rings. The SMILES string of the molecule is CN=C(NCCCS(C)(=O)=O)NCC1(c2cccc(Cl)c2)CC1. The van der Waals surface area contributed by atoms with Gasteiger partial charge in [-0.25, -0.2) is 8.42 Å². The molecule has 7 heteroatoms. The molecule has 0 radical (unpaired) electrons. The molecule has 2 N–H and O–H groups in total. The molecule has 0 heterocycles. The first kappa shape index (κ1) is 18.1. The van der Waals surface area contributed by atoms with Gasteiger partial charge >= 0.3 is 0 Å². The van der Waals surface area contributed by atoms with Gasteiger partial charge in [-0.15, -0.1) is 0 Å². The van der Waals surface area contributed by atoms with Crippen molar-refractivity contribution in [1.29, 1.82) is 0 Å². The third kappa shape index (κ3) is 5.70. The van der Waals surface area contributed by atoms with E-state index in [9.17, 15) is 8.42 Å². The Morgan fingerprint density at radius 3 is 2.65 bits per heavy atom. The van der Waals surface area contributed by atoms with Gasteiger partial charge in [-0.3, -0.25) is 4.99 Å². The molecule has 0 aromatic heterocycles. The normalized spacial score (nSPS) is 16.9. The fraction of sp³-hybridized carbons (Fsp3) is 0.562. The number of nitrogens with zero attached hydrogens (tertiary/aromatic N) is 1. The number of guanidine groups is 1. The first-order valence-corrected chi connectivity index (χ1v) is 10.2. The van der Waals surface area contributed by atoms with Gasteiger partial charge in [0, 0.05) is 36.8 Å². The summed E-state index contributed by atoms with van der Waals surface area (Å²) in [6.07, 6.45) is 4.08. The molecule has 1 aliphatic rings. The molecule has 0 spiro atoms. The Balaban J connectivity index is 1.82. The molecular formula is C16H24ClN3O2S. The van der Waals surface area contributed by atoms with Gasteiger partial charge in [0.25, 0.3) is 0 Å². The van der Waals surface area contributed by atoms with Crippen LogP contribution in [0.1, 0.15) is 24.8 Å². The highest BCUT2D eigenvalue weighted by Crippen LogP contribution is 2.48. The molecule has 0 saturated heterocycles. The van der Waals surface area contributed by atoms with E-state index in [4.69, 9.17) is 11.6 Å². The van der Waals surface area contributed by atoms with Gasteiger partial charge < -0.3 is 10.6 Å². The van der Waals surface area contributed by atoms with Crippen LogP contribution in [0.2, 0.25) is 5.02 Å². The molecule has 23 heavy (non-hydrogen) atoms. The second kappa shape index (κ2) is 7.53. The number of hydrogen-bond acceptors (Lipinski definition) is 3. The van der Waals surface area contributed by atoms with Crippen LogP contribution < -0.4 is 10.6 Å². The molecule has 1 saturated carbocycles. The average molecular weight is 358 g/mol. The average Bonchev–Trinajstić information content (AvgIpc) is 3.27. The van der Waals surface area contributed by atoms with E-state index in [0.29, 0.717) is 18.9 Å². The first-order valence-electron chi connectivity index (χ1n) is 7.73. The van der Waals surface area contributed by atoms with E-state index in [2.05, 4.69) is 21.7 Å². The van der Waals surface area contributed by atoms with Crippen LogP contribution in [0.3, 0.4) is 0 Å². The zero-order chi connectivity index (χ0) is 16.9. The Kier molecular flexibility index (Phi) is 5.92. The van der Waals surface area contributed by atoms with Crippen LogP contribution in [0.25, 0.3) is 0 Å². The lowest BCUT2D eigenvalue weighted by molar-refractivity contribution is 0.598. The van der Waals surface area contributed by atoms with Gasteiger partial charge in [-0.05, 0) is 37.0 Å². The van der Waals surface area contributed by atoms with Crippen LogP contribution >= 0.6 is 11.6 Å². The topological polar surface area (TPSA) is 70.6 Å². The molecule has 0 aliphatic heterocycles. The number of aliphatic imine (C=N–C) groups is 1. The van der Waals surface area contributed by atoms with Crippen molar-refractivity contribution >= 4 is 27.4 Å².